The number of aliphatic hydroxyl groups is 1. The van der Waals surface area contributed by atoms with Gasteiger partial charge in [0.1, 0.15) is 5.82 Å². The molecule has 1 aromatic rings. The van der Waals surface area contributed by atoms with Gasteiger partial charge in [-0.05, 0) is 43.7 Å². The quantitative estimate of drug-likeness (QED) is 0.838. The van der Waals surface area contributed by atoms with Crippen molar-refractivity contribution >= 4 is 5.69 Å². The molecule has 1 heterocycles. The Morgan fingerprint density at radius 2 is 2.35 bits per heavy atom. The van der Waals surface area contributed by atoms with Crippen LogP contribution in [-0.4, -0.2) is 31.3 Å². The molecule has 94 valence electrons. The van der Waals surface area contributed by atoms with Gasteiger partial charge in [0, 0.05) is 25.3 Å². The number of piperidine rings is 1. The lowest BCUT2D eigenvalue weighted by molar-refractivity contribution is 0.154. The van der Waals surface area contributed by atoms with Crippen LogP contribution in [0.2, 0.25) is 0 Å². The lowest BCUT2D eigenvalue weighted by Gasteiger charge is -2.33. The fourth-order valence-electron chi connectivity index (χ4n) is 2.37. The van der Waals surface area contributed by atoms with Gasteiger partial charge in [0.2, 0.25) is 0 Å². The van der Waals surface area contributed by atoms with Gasteiger partial charge < -0.3 is 15.3 Å². The van der Waals surface area contributed by atoms with E-state index in [0.29, 0.717) is 13.1 Å². The number of β-amino-alcohol motifs (C(OH)–C–C–N with tert-alkyl or cyclic N) is 1. The molecule has 1 aliphatic rings. The number of rotatable bonds is 3. The molecule has 0 aliphatic carbocycles. The van der Waals surface area contributed by atoms with Gasteiger partial charge in [0.25, 0.3) is 0 Å². The Balaban J connectivity index is 2.23. The summed E-state index contributed by atoms with van der Waals surface area (Å²) < 4.78 is 13.2. The monoisotopic (exact) mass is 238 g/mol. The number of nitrogens with zero attached hydrogens (tertiary/aromatic N) is 1. The SMILES string of the molecule is CNCc1cc(F)ccc1N1CCCC(O)C1. The summed E-state index contributed by atoms with van der Waals surface area (Å²) in [5.74, 6) is -0.212. The molecule has 0 aromatic heterocycles. The Kier molecular flexibility index (Phi) is 3.97. The average Bonchev–Trinajstić information content (AvgIpc) is 2.29. The molecule has 2 rings (SSSR count). The molecule has 1 fully saturated rings. The fraction of sp³-hybridized carbons (Fsp3) is 0.538. The van der Waals surface area contributed by atoms with Gasteiger partial charge in [0.15, 0.2) is 0 Å². The van der Waals surface area contributed by atoms with Gasteiger partial charge >= 0.3 is 0 Å². The van der Waals surface area contributed by atoms with Crippen molar-refractivity contribution in [1.82, 2.24) is 5.32 Å². The van der Waals surface area contributed by atoms with Crippen LogP contribution in [0.1, 0.15) is 18.4 Å². The molecule has 1 unspecified atom stereocenters. The number of hydrogen-bond donors (Lipinski definition) is 2. The van der Waals surface area contributed by atoms with Crippen molar-refractivity contribution in [3.05, 3.63) is 29.6 Å². The van der Waals surface area contributed by atoms with E-state index < -0.39 is 0 Å². The predicted octanol–water partition coefficient (Wildman–Crippen LogP) is 1.51. The Hall–Kier alpha value is -1.13. The second kappa shape index (κ2) is 5.47. The first-order valence-corrected chi connectivity index (χ1v) is 6.06. The highest BCUT2D eigenvalue weighted by molar-refractivity contribution is 5.54. The molecule has 0 amide bonds. The average molecular weight is 238 g/mol. The number of nitrogens with one attached hydrogen (secondary N) is 1. The summed E-state index contributed by atoms with van der Waals surface area (Å²) in [6.07, 6.45) is 1.58. The minimum Gasteiger partial charge on any atom is -0.391 e. The van der Waals surface area contributed by atoms with Crippen LogP contribution in [0.5, 0.6) is 0 Å². The van der Waals surface area contributed by atoms with Crippen LogP contribution in [0.4, 0.5) is 10.1 Å². The van der Waals surface area contributed by atoms with Crippen molar-refractivity contribution in [2.75, 3.05) is 25.0 Å². The normalized spacial score (nSPS) is 20.6. The van der Waals surface area contributed by atoms with E-state index >= 15 is 0 Å². The summed E-state index contributed by atoms with van der Waals surface area (Å²) in [6, 6.07) is 4.85. The molecule has 1 saturated heterocycles. The Morgan fingerprint density at radius 1 is 1.53 bits per heavy atom. The Labute approximate surface area is 101 Å². The van der Waals surface area contributed by atoms with Crippen LogP contribution >= 0.6 is 0 Å². The third-order valence-corrected chi connectivity index (χ3v) is 3.15. The highest BCUT2D eigenvalue weighted by Crippen LogP contribution is 2.25. The van der Waals surface area contributed by atoms with E-state index in [-0.39, 0.29) is 11.9 Å². The van der Waals surface area contributed by atoms with Crippen LogP contribution in [0.25, 0.3) is 0 Å². The van der Waals surface area contributed by atoms with Crippen molar-refractivity contribution in [3.63, 3.8) is 0 Å². The van der Waals surface area contributed by atoms with Gasteiger partial charge in [-0.1, -0.05) is 0 Å². The minimum absolute atomic E-state index is 0.212. The highest BCUT2D eigenvalue weighted by Gasteiger charge is 2.19. The number of benzene rings is 1. The smallest absolute Gasteiger partial charge is 0.123 e. The molecule has 3 nitrogen and oxygen atoms in total. The van der Waals surface area contributed by atoms with Crippen LogP contribution in [0.15, 0.2) is 18.2 Å². The molecular weight excluding hydrogens is 219 g/mol. The zero-order valence-electron chi connectivity index (χ0n) is 10.1. The number of aliphatic hydroxyl groups excluding tert-OH is 1. The number of anilines is 1. The van der Waals surface area contributed by atoms with Gasteiger partial charge in [0.05, 0.1) is 6.10 Å². The Morgan fingerprint density at radius 3 is 3.06 bits per heavy atom. The number of hydrogen-bond acceptors (Lipinski definition) is 3. The lowest BCUT2D eigenvalue weighted by Crippen LogP contribution is -2.38. The van der Waals surface area contributed by atoms with Gasteiger partial charge in [-0.3, -0.25) is 0 Å². The second-order valence-electron chi connectivity index (χ2n) is 4.55. The van der Waals surface area contributed by atoms with E-state index in [9.17, 15) is 9.50 Å². The fourth-order valence-corrected chi connectivity index (χ4v) is 2.37. The van der Waals surface area contributed by atoms with E-state index in [4.69, 9.17) is 0 Å². The molecule has 0 bridgehead atoms. The van der Waals surface area contributed by atoms with E-state index in [2.05, 4.69) is 10.2 Å². The molecule has 2 N–H and O–H groups in total. The van der Waals surface area contributed by atoms with Gasteiger partial charge in [-0.2, -0.15) is 0 Å². The summed E-state index contributed by atoms with van der Waals surface area (Å²) >= 11 is 0. The molecule has 1 atom stereocenters. The molecular formula is C13H19FN2O. The molecule has 1 aromatic carbocycles. The lowest BCUT2D eigenvalue weighted by atomic mass is 10.1. The van der Waals surface area contributed by atoms with Crippen molar-refractivity contribution < 1.29 is 9.50 Å². The first kappa shape index (κ1) is 12.3. The number of halogens is 1. The first-order valence-electron chi connectivity index (χ1n) is 6.06. The maximum atomic E-state index is 13.2. The zero-order chi connectivity index (χ0) is 12.3. The maximum Gasteiger partial charge on any atom is 0.123 e. The van der Waals surface area contributed by atoms with Crippen LogP contribution < -0.4 is 10.2 Å². The predicted molar refractivity (Wildman–Crippen MR) is 66.6 cm³/mol. The second-order valence-corrected chi connectivity index (χ2v) is 4.55. The third-order valence-electron chi connectivity index (χ3n) is 3.15. The van der Waals surface area contributed by atoms with Gasteiger partial charge in [-0.25, -0.2) is 4.39 Å². The molecule has 0 radical (unpaired) electrons. The summed E-state index contributed by atoms with van der Waals surface area (Å²) in [5.41, 5.74) is 1.97. The maximum absolute atomic E-state index is 13.2. The molecule has 1 aliphatic heterocycles. The summed E-state index contributed by atoms with van der Waals surface area (Å²) in [4.78, 5) is 2.14. The highest BCUT2D eigenvalue weighted by atomic mass is 19.1. The molecule has 0 spiro atoms. The van der Waals surface area contributed by atoms with E-state index in [1.165, 1.54) is 6.07 Å². The van der Waals surface area contributed by atoms with Crippen molar-refractivity contribution in [2.45, 2.75) is 25.5 Å². The van der Waals surface area contributed by atoms with E-state index in [1.54, 1.807) is 12.1 Å². The van der Waals surface area contributed by atoms with Crippen molar-refractivity contribution in [1.29, 1.82) is 0 Å². The van der Waals surface area contributed by atoms with Crippen LogP contribution in [-0.2, 0) is 6.54 Å². The van der Waals surface area contributed by atoms with Crippen molar-refractivity contribution in [3.8, 4) is 0 Å². The molecule has 4 heteroatoms. The zero-order valence-corrected chi connectivity index (χ0v) is 10.1. The summed E-state index contributed by atoms with van der Waals surface area (Å²) in [6.45, 7) is 2.21. The first-order chi connectivity index (χ1) is 8.20. The van der Waals surface area contributed by atoms with Crippen molar-refractivity contribution in [2.24, 2.45) is 0 Å². The largest absolute Gasteiger partial charge is 0.391 e. The summed E-state index contributed by atoms with van der Waals surface area (Å²) in [7, 11) is 1.85. The topological polar surface area (TPSA) is 35.5 Å². The van der Waals surface area contributed by atoms with Gasteiger partial charge in [-0.15, -0.1) is 0 Å². The summed E-state index contributed by atoms with van der Waals surface area (Å²) in [5, 5.41) is 12.7. The standard InChI is InChI=1S/C13H19FN2O/c1-15-8-10-7-11(14)4-5-13(10)16-6-2-3-12(17)9-16/h4-5,7,12,15,17H,2-3,6,8-9H2,1H3. The third kappa shape index (κ3) is 2.96. The van der Waals surface area contributed by atoms with E-state index in [0.717, 1.165) is 30.6 Å². The van der Waals surface area contributed by atoms with Crippen LogP contribution in [0, 0.1) is 5.82 Å². The minimum atomic E-state index is -0.267. The van der Waals surface area contributed by atoms with Crippen LogP contribution in [0.3, 0.4) is 0 Å². The molecule has 17 heavy (non-hydrogen) atoms. The molecule has 0 saturated carbocycles. The Bertz CT molecular complexity index is 384. The van der Waals surface area contributed by atoms with E-state index in [1.807, 2.05) is 7.05 Å².